The second-order valence-corrected chi connectivity index (χ2v) is 20.7. The second kappa shape index (κ2) is 22.8. The number of H-pyrrole nitrogens is 1. The number of amides is 1. The number of pyridine rings is 1. The maximum atomic E-state index is 12.9. The monoisotopic (exact) mass is 1040 g/mol. The third-order valence-corrected chi connectivity index (χ3v) is 14.7. The van der Waals surface area contributed by atoms with Gasteiger partial charge in [-0.25, -0.2) is 23.3 Å². The van der Waals surface area contributed by atoms with Gasteiger partial charge in [-0.05, 0) is 57.0 Å². The Kier molecular flexibility index (Phi) is 18.1. The maximum absolute atomic E-state index is 12.9. The lowest BCUT2D eigenvalue weighted by atomic mass is 10.1. The van der Waals surface area contributed by atoms with Gasteiger partial charge in [0.25, 0.3) is 15.7 Å². The number of unbranched alkanes of at least 4 members (excludes halogenated alkanes) is 2. The van der Waals surface area contributed by atoms with E-state index in [1.165, 1.54) is 30.5 Å². The molecule has 1 aromatic carbocycles. The summed E-state index contributed by atoms with van der Waals surface area (Å²) in [7, 11) is -21.7. The van der Waals surface area contributed by atoms with Crippen molar-refractivity contribution in [3.8, 4) is 0 Å². The van der Waals surface area contributed by atoms with Gasteiger partial charge in [0, 0.05) is 68.0 Å². The molecule has 2 unspecified atom stereocenters. The highest BCUT2D eigenvalue weighted by molar-refractivity contribution is 7.85. The fraction of sp³-hybridized carbons (Fsp3) is 0.395. The van der Waals surface area contributed by atoms with E-state index in [0.29, 0.717) is 40.5 Å². The lowest BCUT2D eigenvalue weighted by Crippen LogP contribution is -2.38. The predicted molar refractivity (Wildman–Crippen MR) is 239 cm³/mol. The molecular formula is C38H49N5O21P3S+. The highest BCUT2D eigenvalue weighted by atomic mass is 32.2. The van der Waals surface area contributed by atoms with E-state index in [1.54, 1.807) is 28.9 Å². The Balaban J connectivity index is 1.13. The molecule has 1 aliphatic rings. The Morgan fingerprint density at radius 1 is 0.926 bits per heavy atom. The smallest absolute Gasteiger partial charge is 0.422 e. The van der Waals surface area contributed by atoms with Crippen molar-refractivity contribution >= 4 is 74.4 Å². The summed E-state index contributed by atoms with van der Waals surface area (Å²) in [6.45, 7) is 4.64. The van der Waals surface area contributed by atoms with Gasteiger partial charge in [0.05, 0.1) is 17.7 Å². The van der Waals surface area contributed by atoms with Crippen LogP contribution in [0.3, 0.4) is 0 Å². The molecule has 68 heavy (non-hydrogen) atoms. The number of carbonyl (C=O) groups excluding carboxylic acids is 1. The first kappa shape index (κ1) is 54.2. The molecule has 372 valence electrons. The van der Waals surface area contributed by atoms with Gasteiger partial charge < -0.3 is 49.2 Å². The number of hydrogen-bond acceptors (Lipinski definition) is 17. The van der Waals surface area contributed by atoms with Gasteiger partial charge in [0.2, 0.25) is 11.6 Å². The molecule has 0 saturated carbocycles. The summed E-state index contributed by atoms with van der Waals surface area (Å²) in [6, 6.07) is 9.99. The van der Waals surface area contributed by atoms with E-state index in [0.717, 1.165) is 25.0 Å². The first-order chi connectivity index (χ1) is 31.8. The molecule has 1 aliphatic heterocycles. The van der Waals surface area contributed by atoms with Gasteiger partial charge in [-0.2, -0.15) is 21.6 Å². The lowest BCUT2D eigenvalue weighted by Gasteiger charge is -2.20. The maximum Gasteiger partial charge on any atom is 0.490 e. The normalized spacial score (nSPS) is 19.7. The first-order valence-corrected chi connectivity index (χ1v) is 26.4. The number of fused-ring (bicyclic) bond motifs is 1. The summed E-state index contributed by atoms with van der Waals surface area (Å²) >= 11 is 0. The number of phosphoric acid groups is 3. The van der Waals surface area contributed by atoms with Crippen LogP contribution in [0.4, 0.5) is 5.69 Å². The van der Waals surface area contributed by atoms with Crippen LogP contribution in [-0.4, -0.2) is 103 Å². The van der Waals surface area contributed by atoms with E-state index >= 15 is 0 Å². The average molecular weight is 1040 g/mol. The molecule has 9 N–H and O–H groups in total. The van der Waals surface area contributed by atoms with Gasteiger partial charge in [0.15, 0.2) is 17.3 Å². The molecule has 30 heteroatoms. The number of aryl methyl sites for hydroxylation is 1. The number of carbonyl (C=O) groups is 1. The Hall–Kier alpha value is -4.79. The van der Waals surface area contributed by atoms with Gasteiger partial charge in [-0.3, -0.25) is 28.2 Å². The molecule has 1 fully saturated rings. The summed E-state index contributed by atoms with van der Waals surface area (Å²) in [4.78, 5) is 90.7. The van der Waals surface area contributed by atoms with Gasteiger partial charge >= 0.3 is 34.8 Å². The molecule has 4 aromatic rings. The van der Waals surface area contributed by atoms with E-state index in [2.05, 4.69) is 23.4 Å². The predicted octanol–water partition coefficient (Wildman–Crippen LogP) is 1.55. The Morgan fingerprint density at radius 2 is 1.65 bits per heavy atom. The van der Waals surface area contributed by atoms with Crippen molar-refractivity contribution in [2.45, 2.75) is 75.5 Å². The van der Waals surface area contributed by atoms with Crippen molar-refractivity contribution in [3.05, 3.63) is 103 Å². The molecule has 26 nitrogen and oxygen atoms in total. The number of nitrogens with zero attached hydrogens (tertiary/aromatic N) is 3. The van der Waals surface area contributed by atoms with Crippen molar-refractivity contribution < 1.29 is 88.1 Å². The third-order valence-electron chi connectivity index (χ3n) is 10.1. The number of ether oxygens (including phenoxy) is 1. The van der Waals surface area contributed by atoms with Crippen LogP contribution in [0.25, 0.3) is 29.2 Å². The first-order valence-electron chi connectivity index (χ1n) is 20.4. The molecule has 4 heterocycles. The number of aliphatic hydroxyl groups excluding tert-OH is 2. The fourth-order valence-electron chi connectivity index (χ4n) is 6.79. The molecule has 1 amide bonds. The third kappa shape index (κ3) is 15.1. The van der Waals surface area contributed by atoms with Crippen LogP contribution in [0.5, 0.6) is 0 Å². The van der Waals surface area contributed by atoms with Crippen LogP contribution in [0, 0.1) is 0 Å². The van der Waals surface area contributed by atoms with E-state index < -0.39 is 81.6 Å². The summed E-state index contributed by atoms with van der Waals surface area (Å²) in [5.74, 6) is -0.365. The molecular weight excluding hydrogens is 987 g/mol. The largest absolute Gasteiger partial charge is 0.490 e. The van der Waals surface area contributed by atoms with Crippen LogP contribution < -0.4 is 31.7 Å². The molecule has 3 aromatic heterocycles. The quantitative estimate of drug-likeness (QED) is 0.0167. The van der Waals surface area contributed by atoms with Crippen molar-refractivity contribution in [1.29, 1.82) is 0 Å². The minimum atomic E-state index is -5.86. The van der Waals surface area contributed by atoms with Crippen molar-refractivity contribution in [3.63, 3.8) is 0 Å². The topological polar surface area (TPSA) is 385 Å². The standard InChI is InChI=1S/C38H48N5O21P3S/c1-3-41(4-2)28-14-11-24-19-25(37(48)62-30(24)20-28)12-13-27-15-16-29(68(57,58)59)22-42(27)18-7-5-6-10-32(44)39-17-8-9-26-21-43(38(49)40-35(26)47)36-34(46)33(45)31(61-36)23-60-66(53,54)64-67(55,56)63-65(50,51)52/h8-9,11-16,19-22,31,33-34,36,45-46H,3-7,10,17-18,23H2,1-2H3,(H6-,39,40,44,47,49,50,51,52,53,54,55,56,57,58,59)/p+1/b9-8+/t31-,33-,34-,36-/m1/s1. The number of anilines is 1. The zero-order valence-electron chi connectivity index (χ0n) is 36.0. The van der Waals surface area contributed by atoms with Crippen LogP contribution in [0.2, 0.25) is 0 Å². The molecule has 0 aliphatic carbocycles. The molecule has 5 rings (SSSR count). The zero-order valence-corrected chi connectivity index (χ0v) is 39.5. The number of aliphatic hydroxyl groups is 2. The van der Waals surface area contributed by atoms with E-state index in [9.17, 15) is 65.8 Å². The average Bonchev–Trinajstić information content (AvgIpc) is 3.52. The second-order valence-electron chi connectivity index (χ2n) is 14.9. The van der Waals surface area contributed by atoms with Gasteiger partial charge in [-0.1, -0.05) is 12.2 Å². The Morgan fingerprint density at radius 3 is 2.32 bits per heavy atom. The van der Waals surface area contributed by atoms with E-state index in [1.807, 2.05) is 31.0 Å². The Bertz CT molecular complexity index is 2980. The highest BCUT2D eigenvalue weighted by Gasteiger charge is 2.47. The fourth-order valence-corrected chi connectivity index (χ4v) is 10.3. The number of rotatable bonds is 23. The SMILES string of the molecule is CCN(CC)c1ccc2cc(/C=C/c3ccc(S(=O)(=O)O)c[n+]3CCCCCC(=O)NC/C=C/c3cn([C@@H]4O[C@H](COP(=O)(O)OP(=O)(O)OP(=O)(O)O)[C@@H](O)[C@H]4O)c(=O)[nH]c3=O)c(=O)oc2c1. The molecule has 0 radical (unpaired) electrons. The number of nitrogens with one attached hydrogen (secondary N) is 2. The summed E-state index contributed by atoms with van der Waals surface area (Å²) in [5, 5.41) is 24.3. The van der Waals surface area contributed by atoms with Gasteiger partial charge in [0.1, 0.15) is 30.4 Å². The molecule has 0 spiro atoms. The molecule has 1 saturated heterocycles. The molecule has 6 atom stereocenters. The highest BCUT2D eigenvalue weighted by Crippen LogP contribution is 2.66. The van der Waals surface area contributed by atoms with Crippen LogP contribution in [-0.2, 0) is 53.0 Å². The van der Waals surface area contributed by atoms with Crippen LogP contribution in [0.15, 0.2) is 78.6 Å². The van der Waals surface area contributed by atoms with Gasteiger partial charge in [-0.15, -0.1) is 0 Å². The summed E-state index contributed by atoms with van der Waals surface area (Å²) in [5.41, 5.74) is -0.668. The summed E-state index contributed by atoms with van der Waals surface area (Å²) in [6.07, 6.45) is 2.10. The number of benzene rings is 1. The Labute approximate surface area is 385 Å². The van der Waals surface area contributed by atoms with Crippen LogP contribution >= 0.6 is 23.5 Å². The lowest BCUT2D eigenvalue weighted by molar-refractivity contribution is -0.700. The number of aromatic amines is 1. The van der Waals surface area contributed by atoms with Crippen molar-refractivity contribution in [1.82, 2.24) is 14.9 Å². The van der Waals surface area contributed by atoms with Crippen molar-refractivity contribution in [2.24, 2.45) is 0 Å². The minimum absolute atomic E-state index is 0.0811. The number of aromatic nitrogens is 3. The number of hydrogen-bond donors (Lipinski definition) is 9. The number of phosphoric ester groups is 1. The zero-order chi connectivity index (χ0) is 50.2. The minimum Gasteiger partial charge on any atom is -0.422 e. The van der Waals surface area contributed by atoms with Crippen LogP contribution in [0.1, 0.15) is 62.6 Å². The van der Waals surface area contributed by atoms with Crippen molar-refractivity contribution in [2.75, 3.05) is 31.1 Å². The van der Waals surface area contributed by atoms with E-state index in [-0.39, 0.29) is 41.4 Å². The molecule has 0 bridgehead atoms. The van der Waals surface area contributed by atoms with E-state index in [4.69, 9.17) is 18.9 Å². The summed E-state index contributed by atoms with van der Waals surface area (Å²) < 4.78 is 92.9.